The van der Waals surface area contributed by atoms with Gasteiger partial charge < -0.3 is 24.0 Å². The fraction of sp³-hybridized carbons (Fsp3) is 0.333. The predicted molar refractivity (Wildman–Crippen MR) is 140 cm³/mol. The largest absolute Gasteiger partial charge is 0.493 e. The third kappa shape index (κ3) is 4.82. The van der Waals surface area contributed by atoms with Crippen LogP contribution in [0, 0.1) is 0 Å². The van der Waals surface area contributed by atoms with E-state index in [1.54, 1.807) is 14.2 Å². The summed E-state index contributed by atoms with van der Waals surface area (Å²) in [6.45, 7) is 2.17. The van der Waals surface area contributed by atoms with Crippen LogP contribution in [0.25, 0.3) is 22.3 Å². The molecule has 36 heavy (non-hydrogen) atoms. The maximum Gasteiger partial charge on any atom is 0.319 e. The Morgan fingerprint density at radius 2 is 1.64 bits per heavy atom. The Morgan fingerprint density at radius 1 is 0.861 bits per heavy atom. The molecule has 0 aliphatic carbocycles. The van der Waals surface area contributed by atoms with Gasteiger partial charge in [0.15, 0.2) is 17.3 Å². The SMILES string of the molecule is COc1ccc(-c2nc(COc3nc(N(C)C)c4ccccc4n3)cc(N3CCCC3)n2)cc1OC. The summed E-state index contributed by atoms with van der Waals surface area (Å²) in [5.74, 6) is 3.59. The number of ether oxygens (including phenoxy) is 3. The van der Waals surface area contributed by atoms with Gasteiger partial charge >= 0.3 is 6.01 Å². The number of rotatable bonds is 8. The van der Waals surface area contributed by atoms with E-state index in [1.165, 1.54) is 0 Å². The van der Waals surface area contributed by atoms with Crippen LogP contribution in [0.5, 0.6) is 17.5 Å². The van der Waals surface area contributed by atoms with Crippen molar-refractivity contribution < 1.29 is 14.2 Å². The molecule has 3 heterocycles. The van der Waals surface area contributed by atoms with E-state index < -0.39 is 0 Å². The van der Waals surface area contributed by atoms with E-state index in [4.69, 9.17) is 24.2 Å². The number of para-hydroxylation sites is 1. The molecular formula is C27H30N6O3. The highest BCUT2D eigenvalue weighted by Gasteiger charge is 2.18. The third-order valence-corrected chi connectivity index (χ3v) is 6.17. The van der Waals surface area contributed by atoms with Crippen molar-refractivity contribution in [3.8, 4) is 28.9 Å². The number of methoxy groups -OCH3 is 2. The molecule has 0 amide bonds. The smallest absolute Gasteiger partial charge is 0.319 e. The fourth-order valence-electron chi connectivity index (χ4n) is 4.35. The first-order valence-corrected chi connectivity index (χ1v) is 12.0. The third-order valence-electron chi connectivity index (χ3n) is 6.17. The van der Waals surface area contributed by atoms with Gasteiger partial charge in [0, 0.05) is 44.2 Å². The second-order valence-corrected chi connectivity index (χ2v) is 8.84. The number of hydrogen-bond acceptors (Lipinski definition) is 9. The van der Waals surface area contributed by atoms with Crippen molar-refractivity contribution in [2.75, 3.05) is 51.2 Å². The van der Waals surface area contributed by atoms with Crippen LogP contribution in [-0.4, -0.2) is 61.3 Å². The number of fused-ring (bicyclic) bond motifs is 1. The molecule has 4 aromatic rings. The van der Waals surface area contributed by atoms with E-state index in [0.29, 0.717) is 23.3 Å². The molecule has 2 aromatic carbocycles. The van der Waals surface area contributed by atoms with E-state index in [-0.39, 0.29) is 6.61 Å². The summed E-state index contributed by atoms with van der Waals surface area (Å²) in [6, 6.07) is 15.9. The lowest BCUT2D eigenvalue weighted by Gasteiger charge is -2.19. The second kappa shape index (κ2) is 10.2. The second-order valence-electron chi connectivity index (χ2n) is 8.84. The first-order chi connectivity index (χ1) is 17.6. The van der Waals surface area contributed by atoms with Crippen LogP contribution in [0.1, 0.15) is 18.5 Å². The lowest BCUT2D eigenvalue weighted by molar-refractivity contribution is 0.278. The molecule has 0 saturated carbocycles. The molecule has 9 heteroatoms. The van der Waals surface area contributed by atoms with Crippen molar-refractivity contribution in [2.24, 2.45) is 0 Å². The Balaban J connectivity index is 1.49. The van der Waals surface area contributed by atoms with Crippen molar-refractivity contribution in [1.29, 1.82) is 0 Å². The number of anilines is 2. The van der Waals surface area contributed by atoms with Gasteiger partial charge in [-0.15, -0.1) is 0 Å². The fourth-order valence-corrected chi connectivity index (χ4v) is 4.35. The van der Waals surface area contributed by atoms with E-state index in [1.807, 2.05) is 67.5 Å². The normalized spacial score (nSPS) is 13.2. The molecule has 0 radical (unpaired) electrons. The number of aromatic nitrogens is 4. The van der Waals surface area contributed by atoms with Crippen LogP contribution in [0.15, 0.2) is 48.5 Å². The van der Waals surface area contributed by atoms with Crippen LogP contribution >= 0.6 is 0 Å². The van der Waals surface area contributed by atoms with E-state index in [2.05, 4.69) is 14.9 Å². The number of nitrogens with zero attached hydrogens (tertiary/aromatic N) is 6. The Bertz CT molecular complexity index is 1370. The van der Waals surface area contributed by atoms with Gasteiger partial charge in [0.25, 0.3) is 0 Å². The zero-order valence-electron chi connectivity index (χ0n) is 21.1. The van der Waals surface area contributed by atoms with E-state index >= 15 is 0 Å². The molecule has 5 rings (SSSR count). The minimum absolute atomic E-state index is 0.217. The highest BCUT2D eigenvalue weighted by molar-refractivity contribution is 5.89. The standard InChI is InChI=1S/C27H30N6O3/c1-32(2)26-20-9-5-6-10-21(20)29-27(31-26)36-17-19-16-24(33-13-7-8-14-33)30-25(28-19)18-11-12-22(34-3)23(15-18)35-4/h5-6,9-12,15-16H,7-8,13-14,17H2,1-4H3. The van der Waals surface area contributed by atoms with Gasteiger partial charge in [-0.2, -0.15) is 9.97 Å². The lowest BCUT2D eigenvalue weighted by Crippen LogP contribution is -2.20. The Kier molecular flexibility index (Phi) is 6.71. The lowest BCUT2D eigenvalue weighted by atomic mass is 10.2. The Morgan fingerprint density at radius 3 is 2.39 bits per heavy atom. The van der Waals surface area contributed by atoms with Crippen LogP contribution in [0.2, 0.25) is 0 Å². The van der Waals surface area contributed by atoms with Gasteiger partial charge in [-0.1, -0.05) is 12.1 Å². The molecule has 1 saturated heterocycles. The first kappa shape index (κ1) is 23.6. The van der Waals surface area contributed by atoms with Crippen LogP contribution in [0.4, 0.5) is 11.6 Å². The molecule has 1 aliphatic heterocycles. The summed E-state index contributed by atoms with van der Waals surface area (Å²) in [4.78, 5) is 23.2. The summed E-state index contributed by atoms with van der Waals surface area (Å²) in [6.07, 6.45) is 2.31. The molecule has 0 spiro atoms. The molecule has 186 valence electrons. The average Bonchev–Trinajstić information content (AvgIpc) is 3.46. The molecule has 1 aliphatic rings. The van der Waals surface area contributed by atoms with Crippen LogP contribution < -0.4 is 24.0 Å². The van der Waals surface area contributed by atoms with Gasteiger partial charge in [-0.3, -0.25) is 0 Å². The molecule has 1 fully saturated rings. The quantitative estimate of drug-likeness (QED) is 0.361. The maximum atomic E-state index is 6.08. The summed E-state index contributed by atoms with van der Waals surface area (Å²) >= 11 is 0. The molecule has 0 N–H and O–H groups in total. The maximum absolute atomic E-state index is 6.08. The monoisotopic (exact) mass is 486 g/mol. The zero-order chi connectivity index (χ0) is 25.1. The zero-order valence-corrected chi connectivity index (χ0v) is 21.1. The van der Waals surface area contributed by atoms with E-state index in [0.717, 1.165) is 59.7 Å². The van der Waals surface area contributed by atoms with Crippen molar-refractivity contribution in [1.82, 2.24) is 19.9 Å². The highest BCUT2D eigenvalue weighted by Crippen LogP contribution is 2.32. The summed E-state index contributed by atoms with van der Waals surface area (Å²) in [5, 5.41) is 0.976. The topological polar surface area (TPSA) is 85.7 Å². The summed E-state index contributed by atoms with van der Waals surface area (Å²) in [7, 11) is 7.16. The summed E-state index contributed by atoms with van der Waals surface area (Å²) < 4.78 is 17.0. The van der Waals surface area contributed by atoms with Gasteiger partial charge in [0.2, 0.25) is 0 Å². The Labute approximate surface area is 210 Å². The first-order valence-electron chi connectivity index (χ1n) is 12.0. The van der Waals surface area contributed by atoms with Gasteiger partial charge in [-0.05, 0) is 43.2 Å². The molecule has 0 unspecified atom stereocenters. The van der Waals surface area contributed by atoms with E-state index in [9.17, 15) is 0 Å². The summed E-state index contributed by atoms with van der Waals surface area (Å²) in [5.41, 5.74) is 2.42. The van der Waals surface area contributed by atoms with Crippen molar-refractivity contribution in [3.63, 3.8) is 0 Å². The van der Waals surface area contributed by atoms with Crippen molar-refractivity contribution >= 4 is 22.5 Å². The highest BCUT2D eigenvalue weighted by atomic mass is 16.5. The van der Waals surface area contributed by atoms with Crippen LogP contribution in [0.3, 0.4) is 0 Å². The van der Waals surface area contributed by atoms with Crippen molar-refractivity contribution in [3.05, 3.63) is 54.2 Å². The molecule has 9 nitrogen and oxygen atoms in total. The minimum Gasteiger partial charge on any atom is -0.493 e. The van der Waals surface area contributed by atoms with Crippen molar-refractivity contribution in [2.45, 2.75) is 19.4 Å². The molecular weight excluding hydrogens is 456 g/mol. The molecule has 0 bridgehead atoms. The minimum atomic E-state index is 0.217. The van der Waals surface area contributed by atoms with Gasteiger partial charge in [0.1, 0.15) is 18.2 Å². The van der Waals surface area contributed by atoms with Gasteiger partial charge in [-0.25, -0.2) is 9.97 Å². The molecule has 0 atom stereocenters. The average molecular weight is 487 g/mol. The molecule has 2 aromatic heterocycles. The number of benzene rings is 2. The predicted octanol–water partition coefficient (Wildman–Crippen LogP) is 4.35. The van der Waals surface area contributed by atoms with Gasteiger partial charge in [0.05, 0.1) is 25.4 Å². The van der Waals surface area contributed by atoms with Crippen LogP contribution in [-0.2, 0) is 6.61 Å². The Hall–Kier alpha value is -4.14. The number of hydrogen-bond donors (Lipinski definition) is 0.